The largest absolute Gasteiger partial charge is 0.379 e. The Bertz CT molecular complexity index is 1200. The molecule has 2 aliphatic heterocycles. The topological polar surface area (TPSA) is 72.3 Å². The highest BCUT2D eigenvalue weighted by molar-refractivity contribution is 6.42. The summed E-state index contributed by atoms with van der Waals surface area (Å²) in [7, 11) is 0. The monoisotopic (exact) mass is 491 g/mol. The van der Waals surface area contributed by atoms with E-state index in [9.17, 15) is 9.18 Å². The van der Waals surface area contributed by atoms with E-state index in [1.54, 1.807) is 25.1 Å². The number of hydrogen-bond acceptors (Lipinski definition) is 5. The maximum atomic E-state index is 13.9. The fourth-order valence-electron chi connectivity index (χ4n) is 4.46. The van der Waals surface area contributed by atoms with Crippen molar-refractivity contribution in [3.63, 3.8) is 0 Å². The van der Waals surface area contributed by atoms with Crippen molar-refractivity contribution in [3.05, 3.63) is 45.8 Å². The Balaban J connectivity index is 1.44. The molecule has 2 fully saturated rings. The third-order valence-corrected chi connectivity index (χ3v) is 7.06. The molecule has 3 aromatic rings. The Morgan fingerprint density at radius 2 is 1.91 bits per heavy atom. The average Bonchev–Trinajstić information content (AvgIpc) is 3.44. The molecule has 174 valence electrons. The summed E-state index contributed by atoms with van der Waals surface area (Å²) in [4.78, 5) is 24.1. The lowest BCUT2D eigenvalue weighted by Gasteiger charge is -2.32. The van der Waals surface area contributed by atoms with Gasteiger partial charge in [0.15, 0.2) is 0 Å². The summed E-state index contributed by atoms with van der Waals surface area (Å²) in [6.45, 7) is 4.23. The summed E-state index contributed by atoms with van der Waals surface area (Å²) < 4.78 is 21.1. The number of nitrogens with one attached hydrogen (secondary N) is 1. The van der Waals surface area contributed by atoms with E-state index in [4.69, 9.17) is 32.9 Å². The van der Waals surface area contributed by atoms with Crippen molar-refractivity contribution in [2.45, 2.75) is 32.2 Å². The van der Waals surface area contributed by atoms with Gasteiger partial charge in [-0.1, -0.05) is 23.2 Å². The van der Waals surface area contributed by atoms with Crippen LogP contribution >= 0.6 is 23.2 Å². The number of carbonyl (C=O) groups excluding carboxylic acids is 1. The number of ether oxygens (including phenoxy) is 1. The number of pyridine rings is 1. The molecule has 7 nitrogen and oxygen atoms in total. The summed E-state index contributed by atoms with van der Waals surface area (Å²) in [6.07, 6.45) is 2.28. The number of piperidine rings is 1. The summed E-state index contributed by atoms with van der Waals surface area (Å²) >= 11 is 12.5. The predicted octanol–water partition coefficient (Wildman–Crippen LogP) is 4.30. The lowest BCUT2D eigenvalue weighted by Crippen LogP contribution is -2.44. The number of amides is 1. The molecule has 0 aliphatic carbocycles. The minimum atomic E-state index is -0.370. The standard InChI is InChI=1S/C23H24Cl2FN5O2/c1-13-18(26)2-3-21(27-13)31-20-11-17(25)16(24)10-19(20)29-23(31)30-7-4-14(5-8-30)22(32)28-15-6-9-33-12-15/h2-3,10-11,14-15H,4-9,12H2,1H3,(H,28,32)/t15-/m1/s1. The number of fused-ring (bicyclic) bond motifs is 1. The summed E-state index contributed by atoms with van der Waals surface area (Å²) in [5.41, 5.74) is 1.70. The third-order valence-electron chi connectivity index (χ3n) is 6.34. The highest BCUT2D eigenvalue weighted by Crippen LogP contribution is 2.34. The van der Waals surface area contributed by atoms with Crippen molar-refractivity contribution in [1.29, 1.82) is 0 Å². The molecule has 0 unspecified atom stereocenters. The average molecular weight is 492 g/mol. The predicted molar refractivity (Wildman–Crippen MR) is 126 cm³/mol. The highest BCUT2D eigenvalue weighted by Gasteiger charge is 2.30. The molecule has 1 amide bonds. The third kappa shape index (κ3) is 4.39. The van der Waals surface area contributed by atoms with Crippen LogP contribution in [0, 0.1) is 18.7 Å². The first kappa shape index (κ1) is 22.4. The van der Waals surface area contributed by atoms with E-state index in [-0.39, 0.29) is 23.7 Å². The number of aryl methyl sites for hydroxylation is 1. The first-order chi connectivity index (χ1) is 15.9. The Hall–Kier alpha value is -2.42. The number of benzene rings is 1. The van der Waals surface area contributed by atoms with Crippen molar-refractivity contribution < 1.29 is 13.9 Å². The number of halogens is 3. The number of nitrogens with zero attached hydrogens (tertiary/aromatic N) is 4. The molecule has 10 heteroatoms. The Labute approximate surface area is 200 Å². The van der Waals surface area contributed by atoms with E-state index in [1.807, 2.05) is 4.57 Å². The van der Waals surface area contributed by atoms with Gasteiger partial charge in [0.25, 0.3) is 0 Å². The summed E-state index contributed by atoms with van der Waals surface area (Å²) in [6, 6.07) is 6.61. The first-order valence-electron chi connectivity index (χ1n) is 11.0. The van der Waals surface area contributed by atoms with Crippen LogP contribution < -0.4 is 10.2 Å². The lowest BCUT2D eigenvalue weighted by atomic mass is 9.95. The van der Waals surface area contributed by atoms with E-state index in [2.05, 4.69) is 15.2 Å². The fourth-order valence-corrected chi connectivity index (χ4v) is 4.78. The van der Waals surface area contributed by atoms with Crippen LogP contribution in [0.5, 0.6) is 0 Å². The van der Waals surface area contributed by atoms with Crippen LogP contribution in [0.3, 0.4) is 0 Å². The molecule has 0 bridgehead atoms. The number of anilines is 1. The zero-order chi connectivity index (χ0) is 23.1. The number of aromatic nitrogens is 3. The van der Waals surface area contributed by atoms with Crippen molar-refractivity contribution in [1.82, 2.24) is 19.9 Å². The van der Waals surface area contributed by atoms with Crippen molar-refractivity contribution in [2.75, 3.05) is 31.2 Å². The van der Waals surface area contributed by atoms with E-state index >= 15 is 0 Å². The van der Waals surface area contributed by atoms with Gasteiger partial charge >= 0.3 is 0 Å². The van der Waals surface area contributed by atoms with Gasteiger partial charge in [-0.25, -0.2) is 14.4 Å². The quantitative estimate of drug-likeness (QED) is 0.588. The van der Waals surface area contributed by atoms with E-state index in [0.29, 0.717) is 72.2 Å². The molecule has 1 atom stereocenters. The summed E-state index contributed by atoms with van der Waals surface area (Å²) in [5, 5.41) is 3.92. The van der Waals surface area contributed by atoms with E-state index < -0.39 is 0 Å². The normalized spacial score (nSPS) is 19.4. The number of hydrogen-bond donors (Lipinski definition) is 1. The fraction of sp³-hybridized carbons (Fsp3) is 0.435. The minimum Gasteiger partial charge on any atom is -0.379 e. The van der Waals surface area contributed by atoms with Gasteiger partial charge in [0, 0.05) is 25.6 Å². The van der Waals surface area contributed by atoms with Crippen molar-refractivity contribution in [2.24, 2.45) is 5.92 Å². The van der Waals surface area contributed by atoms with Crippen LogP contribution in [-0.4, -0.2) is 52.8 Å². The zero-order valence-corrected chi connectivity index (χ0v) is 19.7. The molecule has 1 aromatic carbocycles. The van der Waals surface area contributed by atoms with Gasteiger partial charge in [-0.3, -0.25) is 9.36 Å². The molecule has 0 spiro atoms. The van der Waals surface area contributed by atoms with Gasteiger partial charge in [0.05, 0.1) is 39.4 Å². The Kier molecular flexibility index (Phi) is 6.16. The molecule has 2 saturated heterocycles. The van der Waals surface area contributed by atoms with E-state index in [1.165, 1.54) is 6.07 Å². The van der Waals surface area contributed by atoms with Gasteiger partial charge in [-0.05, 0) is 50.5 Å². The van der Waals surface area contributed by atoms with Crippen LogP contribution in [0.4, 0.5) is 10.3 Å². The smallest absolute Gasteiger partial charge is 0.223 e. The van der Waals surface area contributed by atoms with Gasteiger partial charge in [-0.15, -0.1) is 0 Å². The molecule has 5 rings (SSSR count). The molecule has 2 aromatic heterocycles. The lowest BCUT2D eigenvalue weighted by molar-refractivity contribution is -0.126. The van der Waals surface area contributed by atoms with Gasteiger partial charge < -0.3 is 15.0 Å². The van der Waals surface area contributed by atoms with Crippen molar-refractivity contribution in [3.8, 4) is 5.82 Å². The molecule has 1 N–H and O–H groups in total. The molecule has 0 radical (unpaired) electrons. The van der Waals surface area contributed by atoms with Crippen LogP contribution in [0.15, 0.2) is 24.3 Å². The van der Waals surface area contributed by atoms with Crippen LogP contribution in [0.2, 0.25) is 10.0 Å². The zero-order valence-electron chi connectivity index (χ0n) is 18.2. The van der Waals surface area contributed by atoms with Crippen LogP contribution in [-0.2, 0) is 9.53 Å². The second-order valence-electron chi connectivity index (χ2n) is 8.57. The second kappa shape index (κ2) is 9.08. The van der Waals surface area contributed by atoms with Gasteiger partial charge in [0.1, 0.15) is 11.6 Å². The number of rotatable bonds is 4. The van der Waals surface area contributed by atoms with Crippen LogP contribution in [0.1, 0.15) is 25.0 Å². The van der Waals surface area contributed by atoms with E-state index in [0.717, 1.165) is 11.9 Å². The van der Waals surface area contributed by atoms with Crippen LogP contribution in [0.25, 0.3) is 16.9 Å². The molecule has 4 heterocycles. The van der Waals surface area contributed by atoms with Gasteiger partial charge in [-0.2, -0.15) is 0 Å². The Morgan fingerprint density at radius 1 is 1.15 bits per heavy atom. The second-order valence-corrected chi connectivity index (χ2v) is 9.38. The maximum Gasteiger partial charge on any atom is 0.223 e. The SMILES string of the molecule is Cc1nc(-n2c(N3CCC(C(=O)N[C@@H]4CCOC4)CC3)nc3cc(Cl)c(Cl)cc32)ccc1F. The first-order valence-corrected chi connectivity index (χ1v) is 11.8. The van der Waals surface area contributed by atoms with Crippen molar-refractivity contribution >= 4 is 46.1 Å². The highest BCUT2D eigenvalue weighted by atomic mass is 35.5. The molecular weight excluding hydrogens is 468 g/mol. The van der Waals surface area contributed by atoms with Gasteiger partial charge in [0.2, 0.25) is 11.9 Å². The maximum absolute atomic E-state index is 13.9. The molecule has 0 saturated carbocycles. The number of imidazole rings is 1. The number of carbonyl (C=O) groups is 1. The summed E-state index contributed by atoms with van der Waals surface area (Å²) in [5.74, 6) is 0.892. The molecule has 33 heavy (non-hydrogen) atoms. The Morgan fingerprint density at radius 3 is 2.61 bits per heavy atom. The minimum absolute atomic E-state index is 0.0465. The molecule has 2 aliphatic rings. The molecular formula is C23H24Cl2FN5O2.